The number of hydrogen-bond donors (Lipinski definition) is 1. The normalized spacial score (nSPS) is 14.6. The van der Waals surface area contributed by atoms with Crippen molar-refractivity contribution < 1.29 is 4.79 Å². The smallest absolute Gasteiger partial charge is 0.317 e. The molecule has 5 nitrogen and oxygen atoms in total. The number of halogens is 1. The van der Waals surface area contributed by atoms with Crippen LogP contribution in [0.25, 0.3) is 10.2 Å². The number of urea groups is 1. The Kier molecular flexibility index (Phi) is 5.18. The molecule has 1 saturated heterocycles. The molecule has 0 radical (unpaired) electrons. The largest absolute Gasteiger partial charge is 0.345 e. The zero-order valence-corrected chi connectivity index (χ0v) is 16.7. The van der Waals surface area contributed by atoms with Crippen molar-refractivity contribution in [2.75, 3.05) is 31.1 Å². The monoisotopic (exact) mass is 400 g/mol. The fraction of sp³-hybridized carbons (Fsp3) is 0.300. The van der Waals surface area contributed by atoms with Crippen LogP contribution in [-0.2, 0) is 6.54 Å². The Morgan fingerprint density at radius 3 is 2.63 bits per heavy atom. The standard InChI is InChI=1S/C20H21ClN4OS/c1-14-16(21)7-8-17-18(14)23-20(27-17)25-11-9-24(10-12-25)19(26)22-13-15-5-3-2-4-6-15/h2-8H,9-13H2,1H3,(H,22,26). The number of amides is 2. The molecule has 7 heteroatoms. The molecule has 4 rings (SSSR count). The van der Waals surface area contributed by atoms with Crippen LogP contribution in [0.4, 0.5) is 9.93 Å². The number of aryl methyl sites for hydroxylation is 1. The fourth-order valence-corrected chi connectivity index (χ4v) is 4.44. The van der Waals surface area contributed by atoms with Gasteiger partial charge in [0, 0.05) is 37.7 Å². The van der Waals surface area contributed by atoms with Gasteiger partial charge in [0.05, 0.1) is 10.2 Å². The molecule has 2 heterocycles. The predicted octanol–water partition coefficient (Wildman–Crippen LogP) is 4.29. The summed E-state index contributed by atoms with van der Waals surface area (Å²) in [5.41, 5.74) is 3.11. The Bertz CT molecular complexity index is 951. The second-order valence-electron chi connectivity index (χ2n) is 6.63. The van der Waals surface area contributed by atoms with Gasteiger partial charge in [0.2, 0.25) is 0 Å². The van der Waals surface area contributed by atoms with Crippen molar-refractivity contribution in [3.05, 3.63) is 58.6 Å². The third kappa shape index (κ3) is 3.87. The fourth-order valence-electron chi connectivity index (χ4n) is 3.21. The lowest BCUT2D eigenvalue weighted by atomic mass is 10.2. The number of rotatable bonds is 3. The van der Waals surface area contributed by atoms with Crippen molar-refractivity contribution in [3.8, 4) is 0 Å². The highest BCUT2D eigenvalue weighted by Crippen LogP contribution is 2.33. The molecular weight excluding hydrogens is 380 g/mol. The van der Waals surface area contributed by atoms with Gasteiger partial charge in [-0.1, -0.05) is 53.3 Å². The van der Waals surface area contributed by atoms with E-state index in [1.807, 2.05) is 54.3 Å². The van der Waals surface area contributed by atoms with Crippen molar-refractivity contribution in [3.63, 3.8) is 0 Å². The Balaban J connectivity index is 1.36. The minimum atomic E-state index is -0.00886. The van der Waals surface area contributed by atoms with E-state index in [4.69, 9.17) is 16.6 Å². The highest BCUT2D eigenvalue weighted by atomic mass is 35.5. The molecule has 1 N–H and O–H groups in total. The predicted molar refractivity (Wildman–Crippen MR) is 112 cm³/mol. The summed E-state index contributed by atoms with van der Waals surface area (Å²) in [6.45, 7) is 5.50. The van der Waals surface area contributed by atoms with E-state index in [0.717, 1.165) is 44.6 Å². The van der Waals surface area contributed by atoms with Gasteiger partial charge in [-0.15, -0.1) is 0 Å². The van der Waals surface area contributed by atoms with E-state index in [9.17, 15) is 4.79 Å². The highest BCUT2D eigenvalue weighted by molar-refractivity contribution is 7.22. The summed E-state index contributed by atoms with van der Waals surface area (Å²) in [5.74, 6) is 0. The van der Waals surface area contributed by atoms with Crippen molar-refractivity contribution >= 4 is 44.3 Å². The molecular formula is C20H21ClN4OS. The molecule has 0 spiro atoms. The summed E-state index contributed by atoms with van der Waals surface area (Å²) in [6.07, 6.45) is 0. The number of carbonyl (C=O) groups is 1. The first-order chi connectivity index (χ1) is 13.1. The van der Waals surface area contributed by atoms with Crippen molar-refractivity contribution in [1.82, 2.24) is 15.2 Å². The van der Waals surface area contributed by atoms with Crippen LogP contribution in [0.5, 0.6) is 0 Å². The lowest BCUT2D eigenvalue weighted by molar-refractivity contribution is 0.194. The first-order valence-corrected chi connectivity index (χ1v) is 10.2. The van der Waals surface area contributed by atoms with Gasteiger partial charge in [-0.3, -0.25) is 0 Å². The zero-order valence-electron chi connectivity index (χ0n) is 15.1. The lowest BCUT2D eigenvalue weighted by Gasteiger charge is -2.34. The van der Waals surface area contributed by atoms with Crippen LogP contribution >= 0.6 is 22.9 Å². The average Bonchev–Trinajstić information content (AvgIpc) is 3.15. The van der Waals surface area contributed by atoms with Gasteiger partial charge in [0.25, 0.3) is 0 Å². The molecule has 0 aliphatic carbocycles. The summed E-state index contributed by atoms with van der Waals surface area (Å²) in [7, 11) is 0. The molecule has 1 aliphatic rings. The van der Waals surface area contributed by atoms with Crippen LogP contribution in [0.3, 0.4) is 0 Å². The number of carbonyl (C=O) groups excluding carboxylic acids is 1. The van der Waals surface area contributed by atoms with Gasteiger partial charge in [-0.05, 0) is 30.2 Å². The molecule has 1 aliphatic heterocycles. The Morgan fingerprint density at radius 2 is 1.89 bits per heavy atom. The lowest BCUT2D eigenvalue weighted by Crippen LogP contribution is -2.51. The van der Waals surface area contributed by atoms with Crippen LogP contribution in [-0.4, -0.2) is 42.1 Å². The highest BCUT2D eigenvalue weighted by Gasteiger charge is 2.23. The maximum atomic E-state index is 12.4. The molecule has 140 valence electrons. The van der Waals surface area contributed by atoms with Gasteiger partial charge >= 0.3 is 6.03 Å². The number of aromatic nitrogens is 1. The van der Waals surface area contributed by atoms with E-state index in [2.05, 4.69) is 10.2 Å². The Labute approximate surface area is 167 Å². The minimum Gasteiger partial charge on any atom is -0.345 e. The van der Waals surface area contributed by atoms with Crippen LogP contribution in [0.2, 0.25) is 5.02 Å². The number of fused-ring (bicyclic) bond motifs is 1. The number of nitrogens with one attached hydrogen (secondary N) is 1. The molecule has 2 amide bonds. The maximum absolute atomic E-state index is 12.4. The third-order valence-corrected chi connectivity index (χ3v) is 6.35. The van der Waals surface area contributed by atoms with Crippen molar-refractivity contribution in [2.45, 2.75) is 13.5 Å². The number of nitrogens with zero attached hydrogens (tertiary/aromatic N) is 3. The summed E-state index contributed by atoms with van der Waals surface area (Å²) in [6, 6.07) is 13.9. The summed E-state index contributed by atoms with van der Waals surface area (Å²) < 4.78 is 1.15. The molecule has 2 aromatic carbocycles. The topological polar surface area (TPSA) is 48.5 Å². The molecule has 3 aromatic rings. The zero-order chi connectivity index (χ0) is 18.8. The van der Waals surface area contributed by atoms with E-state index in [1.54, 1.807) is 11.3 Å². The first kappa shape index (κ1) is 18.1. The van der Waals surface area contributed by atoms with Crippen LogP contribution in [0.15, 0.2) is 42.5 Å². The third-order valence-electron chi connectivity index (χ3n) is 4.86. The molecule has 0 saturated carbocycles. The second-order valence-corrected chi connectivity index (χ2v) is 8.05. The average molecular weight is 401 g/mol. The SMILES string of the molecule is Cc1c(Cl)ccc2sc(N3CCN(C(=O)NCc4ccccc4)CC3)nc12. The van der Waals surface area contributed by atoms with Crippen LogP contribution in [0.1, 0.15) is 11.1 Å². The minimum absolute atomic E-state index is 0.00886. The number of piperazine rings is 1. The van der Waals surface area contributed by atoms with E-state index in [-0.39, 0.29) is 6.03 Å². The molecule has 0 unspecified atom stereocenters. The van der Waals surface area contributed by atoms with Gasteiger partial charge < -0.3 is 15.1 Å². The van der Waals surface area contributed by atoms with E-state index in [0.29, 0.717) is 19.6 Å². The van der Waals surface area contributed by atoms with Crippen molar-refractivity contribution in [2.24, 2.45) is 0 Å². The van der Waals surface area contributed by atoms with Gasteiger partial charge in [0.1, 0.15) is 0 Å². The Morgan fingerprint density at radius 1 is 1.15 bits per heavy atom. The number of thiazole rings is 1. The maximum Gasteiger partial charge on any atom is 0.317 e. The summed E-state index contributed by atoms with van der Waals surface area (Å²) in [4.78, 5) is 21.3. The van der Waals surface area contributed by atoms with Gasteiger partial charge in [-0.2, -0.15) is 0 Å². The van der Waals surface area contributed by atoms with Gasteiger partial charge in [-0.25, -0.2) is 9.78 Å². The number of anilines is 1. The Hall–Kier alpha value is -2.31. The molecule has 27 heavy (non-hydrogen) atoms. The second kappa shape index (κ2) is 7.74. The van der Waals surface area contributed by atoms with Gasteiger partial charge in [0.15, 0.2) is 5.13 Å². The first-order valence-electron chi connectivity index (χ1n) is 8.99. The number of benzene rings is 2. The molecule has 0 atom stereocenters. The molecule has 1 aromatic heterocycles. The number of hydrogen-bond acceptors (Lipinski definition) is 4. The van der Waals surface area contributed by atoms with Crippen LogP contribution < -0.4 is 10.2 Å². The quantitative estimate of drug-likeness (QED) is 0.713. The molecule has 1 fully saturated rings. The van der Waals surface area contributed by atoms with Crippen molar-refractivity contribution in [1.29, 1.82) is 0 Å². The van der Waals surface area contributed by atoms with E-state index < -0.39 is 0 Å². The van der Waals surface area contributed by atoms with E-state index >= 15 is 0 Å². The summed E-state index contributed by atoms with van der Waals surface area (Å²) in [5, 5.41) is 4.75. The summed E-state index contributed by atoms with van der Waals surface area (Å²) >= 11 is 7.89. The van der Waals surface area contributed by atoms with E-state index in [1.165, 1.54) is 0 Å². The van der Waals surface area contributed by atoms with Crippen LogP contribution in [0, 0.1) is 6.92 Å². The molecule has 0 bridgehead atoms.